The molecule has 23 heavy (non-hydrogen) atoms. The van der Waals surface area contributed by atoms with Gasteiger partial charge >= 0.3 is 12.1 Å². The maximum atomic E-state index is 12.3. The predicted molar refractivity (Wildman–Crippen MR) is 88.9 cm³/mol. The van der Waals surface area contributed by atoms with E-state index in [0.29, 0.717) is 19.5 Å². The number of carbonyl (C=O) groups is 2. The molecule has 1 aromatic carbocycles. The fraction of sp³-hybridized carbons (Fsp3) is 0.444. The van der Waals surface area contributed by atoms with E-state index >= 15 is 0 Å². The first-order valence-electron chi connectivity index (χ1n) is 7.58. The summed E-state index contributed by atoms with van der Waals surface area (Å²) in [7, 11) is 1.33. The lowest BCUT2D eigenvalue weighted by atomic mass is 10.2. The summed E-state index contributed by atoms with van der Waals surface area (Å²) in [4.78, 5) is 25.0. The van der Waals surface area contributed by atoms with Crippen LogP contribution in [0.2, 0.25) is 0 Å². The van der Waals surface area contributed by atoms with Gasteiger partial charge in [0.15, 0.2) is 0 Å². The molecule has 0 saturated carbocycles. The van der Waals surface area contributed by atoms with Crippen LogP contribution in [0, 0.1) is 0 Å². The molecule has 1 rings (SSSR count). The largest absolute Gasteiger partial charge is 0.466 e. The number of hydrogen-bond acceptors (Lipinski definition) is 4. The van der Waals surface area contributed by atoms with Crippen LogP contribution in [0.3, 0.4) is 0 Å². The van der Waals surface area contributed by atoms with Gasteiger partial charge < -0.3 is 14.4 Å². The number of methoxy groups -OCH3 is 1. The summed E-state index contributed by atoms with van der Waals surface area (Å²) in [5.74, 6) is -0.406. The zero-order chi connectivity index (χ0) is 17.3. The van der Waals surface area contributed by atoms with Crippen LogP contribution in [0.1, 0.15) is 32.8 Å². The van der Waals surface area contributed by atoms with E-state index in [1.54, 1.807) is 11.0 Å². The van der Waals surface area contributed by atoms with E-state index in [0.717, 1.165) is 5.56 Å². The smallest absolute Gasteiger partial charge is 0.410 e. The number of carbonyl (C=O) groups excluding carboxylic acids is 2. The maximum absolute atomic E-state index is 12.3. The van der Waals surface area contributed by atoms with Gasteiger partial charge in [-0.1, -0.05) is 36.4 Å². The van der Waals surface area contributed by atoms with Crippen molar-refractivity contribution in [1.29, 1.82) is 0 Å². The topological polar surface area (TPSA) is 55.8 Å². The highest BCUT2D eigenvalue weighted by Crippen LogP contribution is 2.13. The Balaban J connectivity index is 2.70. The summed E-state index contributed by atoms with van der Waals surface area (Å²) in [6, 6.07) is 9.71. The lowest BCUT2D eigenvalue weighted by Gasteiger charge is -2.27. The molecule has 0 aliphatic rings. The summed E-state index contributed by atoms with van der Waals surface area (Å²) < 4.78 is 9.98. The molecule has 0 saturated heterocycles. The Morgan fingerprint density at radius 2 is 1.83 bits per heavy atom. The van der Waals surface area contributed by atoms with Gasteiger partial charge in [0, 0.05) is 19.2 Å². The first kappa shape index (κ1) is 18.7. The number of rotatable bonds is 6. The lowest BCUT2D eigenvalue weighted by Crippen LogP contribution is -2.37. The Morgan fingerprint density at radius 1 is 1.17 bits per heavy atom. The van der Waals surface area contributed by atoms with Crippen LogP contribution in [0.4, 0.5) is 4.79 Å². The molecule has 0 fully saturated rings. The Labute approximate surface area is 137 Å². The molecule has 0 atom stereocenters. The van der Waals surface area contributed by atoms with E-state index in [1.807, 2.05) is 51.1 Å². The van der Waals surface area contributed by atoms with Crippen molar-refractivity contribution >= 4 is 12.1 Å². The molecule has 0 aliphatic carbocycles. The molecule has 0 unspecified atom stereocenters. The summed E-state index contributed by atoms with van der Waals surface area (Å²) in [5.41, 5.74) is 0.476. The number of benzene rings is 1. The number of ether oxygens (including phenoxy) is 2. The van der Waals surface area contributed by atoms with Crippen LogP contribution >= 0.6 is 0 Å². The second-order valence-electron chi connectivity index (χ2n) is 6.10. The molecule has 5 heteroatoms. The number of nitrogens with zero attached hydrogens (tertiary/aromatic N) is 1. The summed E-state index contributed by atoms with van der Waals surface area (Å²) >= 11 is 0. The monoisotopic (exact) mass is 319 g/mol. The molecule has 0 N–H and O–H groups in total. The van der Waals surface area contributed by atoms with Crippen LogP contribution in [0.5, 0.6) is 0 Å². The molecule has 0 heterocycles. The number of hydrogen-bond donors (Lipinski definition) is 0. The van der Waals surface area contributed by atoms with Gasteiger partial charge in [0.25, 0.3) is 0 Å². The summed E-state index contributed by atoms with van der Waals surface area (Å²) in [6.45, 7) is 6.42. The van der Waals surface area contributed by atoms with Crippen LogP contribution < -0.4 is 0 Å². The van der Waals surface area contributed by atoms with Gasteiger partial charge in [-0.15, -0.1) is 0 Å². The van der Waals surface area contributed by atoms with Crippen molar-refractivity contribution in [2.45, 2.75) is 39.3 Å². The lowest BCUT2D eigenvalue weighted by molar-refractivity contribution is -0.134. The van der Waals surface area contributed by atoms with Crippen molar-refractivity contribution in [1.82, 2.24) is 4.90 Å². The fourth-order valence-corrected chi connectivity index (χ4v) is 1.84. The Morgan fingerprint density at radius 3 is 2.39 bits per heavy atom. The first-order chi connectivity index (χ1) is 10.8. The molecule has 0 spiro atoms. The Kier molecular flexibility index (Phi) is 7.32. The van der Waals surface area contributed by atoms with Gasteiger partial charge in [0.05, 0.1) is 7.11 Å². The third-order valence-corrected chi connectivity index (χ3v) is 2.89. The van der Waals surface area contributed by atoms with Crippen molar-refractivity contribution in [2.75, 3.05) is 13.7 Å². The highest BCUT2D eigenvalue weighted by atomic mass is 16.6. The quantitative estimate of drug-likeness (QED) is 0.594. The Hall–Kier alpha value is -2.30. The van der Waals surface area contributed by atoms with Gasteiger partial charge in [0.1, 0.15) is 5.60 Å². The third kappa shape index (κ3) is 8.04. The average molecular weight is 319 g/mol. The van der Waals surface area contributed by atoms with Gasteiger partial charge in [-0.3, -0.25) is 0 Å². The normalized spacial score (nSPS) is 11.3. The highest BCUT2D eigenvalue weighted by Gasteiger charge is 2.21. The van der Waals surface area contributed by atoms with Crippen molar-refractivity contribution < 1.29 is 19.1 Å². The van der Waals surface area contributed by atoms with E-state index in [4.69, 9.17) is 4.74 Å². The maximum Gasteiger partial charge on any atom is 0.410 e. The SMILES string of the molecule is COC(=O)C=CCCN(Cc1ccccc1)C(=O)OC(C)(C)C. The van der Waals surface area contributed by atoms with Crippen molar-refractivity contribution in [3.05, 3.63) is 48.0 Å². The average Bonchev–Trinajstić information content (AvgIpc) is 2.49. The number of esters is 1. The molecule has 0 aliphatic heterocycles. The summed E-state index contributed by atoms with van der Waals surface area (Å²) in [5, 5.41) is 0. The fourth-order valence-electron chi connectivity index (χ4n) is 1.84. The molecular weight excluding hydrogens is 294 g/mol. The Bertz CT molecular complexity index is 532. The molecule has 1 aromatic rings. The van der Waals surface area contributed by atoms with E-state index in [-0.39, 0.29) is 6.09 Å². The second-order valence-corrected chi connectivity index (χ2v) is 6.10. The first-order valence-corrected chi connectivity index (χ1v) is 7.58. The predicted octanol–water partition coefficient (Wildman–Crippen LogP) is 3.54. The van der Waals surface area contributed by atoms with E-state index in [9.17, 15) is 9.59 Å². The van der Waals surface area contributed by atoms with Crippen LogP contribution in [0.25, 0.3) is 0 Å². The summed E-state index contributed by atoms with van der Waals surface area (Å²) in [6.07, 6.45) is 3.22. The molecule has 126 valence electrons. The third-order valence-electron chi connectivity index (χ3n) is 2.89. The van der Waals surface area contributed by atoms with E-state index in [2.05, 4.69) is 4.74 Å². The zero-order valence-corrected chi connectivity index (χ0v) is 14.2. The molecule has 0 radical (unpaired) electrons. The minimum Gasteiger partial charge on any atom is -0.466 e. The van der Waals surface area contributed by atoms with Crippen molar-refractivity contribution in [3.8, 4) is 0 Å². The van der Waals surface area contributed by atoms with Gasteiger partial charge in [-0.2, -0.15) is 0 Å². The van der Waals surface area contributed by atoms with Crippen molar-refractivity contribution in [2.24, 2.45) is 0 Å². The molecule has 0 aromatic heterocycles. The van der Waals surface area contributed by atoms with E-state index in [1.165, 1.54) is 13.2 Å². The van der Waals surface area contributed by atoms with E-state index < -0.39 is 11.6 Å². The highest BCUT2D eigenvalue weighted by molar-refractivity contribution is 5.81. The second kappa shape index (κ2) is 8.98. The number of amides is 1. The van der Waals surface area contributed by atoms with Crippen LogP contribution in [0.15, 0.2) is 42.5 Å². The van der Waals surface area contributed by atoms with Crippen molar-refractivity contribution in [3.63, 3.8) is 0 Å². The standard InChI is InChI=1S/C18H25NO4/c1-18(2,3)23-17(21)19(13-9-8-12-16(20)22-4)14-15-10-6-5-7-11-15/h5-8,10-12H,9,13-14H2,1-4H3. The van der Waals surface area contributed by atoms with Gasteiger partial charge in [-0.25, -0.2) is 9.59 Å². The molecule has 0 bridgehead atoms. The molecule has 5 nitrogen and oxygen atoms in total. The minimum absolute atomic E-state index is 0.368. The molecule has 1 amide bonds. The van der Waals surface area contributed by atoms with Crippen LogP contribution in [-0.2, 0) is 20.8 Å². The van der Waals surface area contributed by atoms with Gasteiger partial charge in [-0.05, 0) is 32.8 Å². The molecular formula is C18H25NO4. The van der Waals surface area contributed by atoms with Crippen LogP contribution in [-0.4, -0.2) is 36.2 Å². The minimum atomic E-state index is -0.548. The van der Waals surface area contributed by atoms with Gasteiger partial charge in [0.2, 0.25) is 0 Å². The zero-order valence-electron chi connectivity index (χ0n) is 14.2.